The van der Waals surface area contributed by atoms with E-state index in [-0.39, 0.29) is 11.3 Å². The molecule has 6 nitrogen and oxygen atoms in total. The van der Waals surface area contributed by atoms with E-state index in [0.717, 1.165) is 31.6 Å². The molecule has 3 aromatic rings. The van der Waals surface area contributed by atoms with Gasteiger partial charge in [-0.25, -0.2) is 4.39 Å². The molecule has 1 aliphatic rings. The summed E-state index contributed by atoms with van der Waals surface area (Å²) in [6.07, 6.45) is 3.29. The zero-order valence-electron chi connectivity index (χ0n) is 16.1. The largest absolute Gasteiger partial charge is 0.448 e. The molecule has 0 aliphatic carbocycles. The van der Waals surface area contributed by atoms with Crippen molar-refractivity contribution in [2.75, 3.05) is 23.3 Å². The summed E-state index contributed by atoms with van der Waals surface area (Å²) in [4.78, 5) is 26.8. The van der Waals surface area contributed by atoms with Gasteiger partial charge in [0.2, 0.25) is 5.91 Å². The van der Waals surface area contributed by atoms with Crippen LogP contribution in [0.2, 0.25) is 0 Å². The highest BCUT2D eigenvalue weighted by Crippen LogP contribution is 2.32. The van der Waals surface area contributed by atoms with Crippen LogP contribution in [0.5, 0.6) is 0 Å². The fraction of sp³-hybridized carbons (Fsp3) is 0.273. The molecule has 1 aliphatic heterocycles. The van der Waals surface area contributed by atoms with Crippen molar-refractivity contribution >= 4 is 34.2 Å². The quantitative estimate of drug-likeness (QED) is 0.692. The summed E-state index contributed by atoms with van der Waals surface area (Å²) >= 11 is 0. The SMILES string of the molecule is Cc1c(C(=O)Nc2cc(C(N)=O)ccc2N2CCCCC2)oc2c(F)cccc12. The summed E-state index contributed by atoms with van der Waals surface area (Å²) in [5, 5.41) is 3.39. The number of nitrogens with two attached hydrogens (primary N) is 1. The van der Waals surface area contributed by atoms with Crippen LogP contribution in [0.4, 0.5) is 15.8 Å². The number of carbonyl (C=O) groups is 2. The Kier molecular flexibility index (Phi) is 4.96. The van der Waals surface area contributed by atoms with Crippen LogP contribution in [0.15, 0.2) is 40.8 Å². The first-order chi connectivity index (χ1) is 14.0. The molecule has 4 rings (SSSR count). The summed E-state index contributed by atoms with van der Waals surface area (Å²) in [6.45, 7) is 3.45. The van der Waals surface area contributed by atoms with Crippen molar-refractivity contribution in [2.24, 2.45) is 5.73 Å². The third-order valence-electron chi connectivity index (χ3n) is 5.35. The summed E-state index contributed by atoms with van der Waals surface area (Å²) in [5.74, 6) is -1.56. The van der Waals surface area contributed by atoms with Crippen LogP contribution in [0, 0.1) is 12.7 Å². The van der Waals surface area contributed by atoms with Gasteiger partial charge in [0.25, 0.3) is 5.91 Å². The van der Waals surface area contributed by atoms with Crippen LogP contribution in [-0.2, 0) is 0 Å². The average molecular weight is 395 g/mol. The highest BCUT2D eigenvalue weighted by atomic mass is 19.1. The van der Waals surface area contributed by atoms with Gasteiger partial charge in [0.05, 0.1) is 11.4 Å². The molecule has 1 saturated heterocycles. The second-order valence-corrected chi connectivity index (χ2v) is 7.27. The number of hydrogen-bond acceptors (Lipinski definition) is 4. The number of anilines is 2. The maximum absolute atomic E-state index is 14.0. The number of fused-ring (bicyclic) bond motifs is 1. The van der Waals surface area contributed by atoms with Crippen molar-refractivity contribution < 1.29 is 18.4 Å². The fourth-order valence-electron chi connectivity index (χ4n) is 3.80. The fourth-order valence-corrected chi connectivity index (χ4v) is 3.80. The van der Waals surface area contributed by atoms with E-state index >= 15 is 0 Å². The lowest BCUT2D eigenvalue weighted by Gasteiger charge is -2.30. The first-order valence-electron chi connectivity index (χ1n) is 9.63. The van der Waals surface area contributed by atoms with E-state index in [4.69, 9.17) is 10.2 Å². The normalized spacial score (nSPS) is 14.2. The van der Waals surface area contributed by atoms with E-state index in [0.29, 0.717) is 22.2 Å². The zero-order chi connectivity index (χ0) is 20.5. The van der Waals surface area contributed by atoms with Crippen LogP contribution in [0.1, 0.15) is 45.7 Å². The number of rotatable bonds is 4. The van der Waals surface area contributed by atoms with Crippen molar-refractivity contribution in [3.05, 3.63) is 59.1 Å². The number of amides is 2. The minimum absolute atomic E-state index is 0.0409. The molecule has 0 spiro atoms. The maximum Gasteiger partial charge on any atom is 0.291 e. The minimum Gasteiger partial charge on any atom is -0.448 e. The number of halogens is 1. The Morgan fingerprint density at radius 3 is 2.59 bits per heavy atom. The van der Waals surface area contributed by atoms with Gasteiger partial charge in [-0.2, -0.15) is 0 Å². The molecule has 2 heterocycles. The monoisotopic (exact) mass is 395 g/mol. The molecule has 0 bridgehead atoms. The van der Waals surface area contributed by atoms with Crippen molar-refractivity contribution in [1.29, 1.82) is 0 Å². The Hall–Kier alpha value is -3.35. The molecule has 2 amide bonds. The number of primary amides is 1. The Morgan fingerprint density at radius 2 is 1.90 bits per heavy atom. The molecular formula is C22H22FN3O3. The van der Waals surface area contributed by atoms with Gasteiger partial charge >= 0.3 is 0 Å². The molecule has 150 valence electrons. The molecule has 1 aromatic heterocycles. The molecule has 0 radical (unpaired) electrons. The number of aryl methyl sites for hydroxylation is 1. The van der Waals surface area contributed by atoms with Crippen LogP contribution in [0.3, 0.4) is 0 Å². The van der Waals surface area contributed by atoms with E-state index in [1.807, 2.05) is 0 Å². The predicted octanol–water partition coefficient (Wildman–Crippen LogP) is 4.22. The van der Waals surface area contributed by atoms with Gasteiger partial charge in [0.15, 0.2) is 17.2 Å². The standard InChI is InChI=1S/C22H22FN3O3/c1-13-15-6-5-7-16(23)20(15)29-19(13)22(28)25-17-12-14(21(24)27)8-9-18(17)26-10-3-2-4-11-26/h5-9,12H,2-4,10-11H2,1H3,(H2,24,27)(H,25,28). The number of hydrogen-bond donors (Lipinski definition) is 2. The minimum atomic E-state index is -0.576. The molecule has 0 unspecified atom stereocenters. The lowest BCUT2D eigenvalue weighted by atomic mass is 10.1. The highest BCUT2D eigenvalue weighted by Gasteiger charge is 2.22. The molecule has 0 atom stereocenters. The molecular weight excluding hydrogens is 373 g/mol. The first kappa shape index (κ1) is 19.0. The van der Waals surface area contributed by atoms with Crippen LogP contribution in [-0.4, -0.2) is 24.9 Å². The van der Waals surface area contributed by atoms with Crippen molar-refractivity contribution in [3.8, 4) is 0 Å². The van der Waals surface area contributed by atoms with Gasteiger partial charge in [-0.1, -0.05) is 12.1 Å². The third-order valence-corrected chi connectivity index (χ3v) is 5.35. The molecule has 2 aromatic carbocycles. The van der Waals surface area contributed by atoms with Gasteiger partial charge in [0, 0.05) is 29.6 Å². The van der Waals surface area contributed by atoms with Crippen LogP contribution < -0.4 is 16.0 Å². The van der Waals surface area contributed by atoms with E-state index in [1.54, 1.807) is 37.3 Å². The van der Waals surface area contributed by atoms with Gasteiger partial charge in [-0.05, 0) is 50.5 Å². The Labute approximate surface area is 167 Å². The summed E-state index contributed by atoms with van der Waals surface area (Å²) in [6, 6.07) is 9.60. The second-order valence-electron chi connectivity index (χ2n) is 7.27. The number of piperidine rings is 1. The first-order valence-corrected chi connectivity index (χ1v) is 9.63. The summed E-state index contributed by atoms with van der Waals surface area (Å²) in [5.41, 5.74) is 7.63. The van der Waals surface area contributed by atoms with Crippen molar-refractivity contribution in [3.63, 3.8) is 0 Å². The average Bonchev–Trinajstić information content (AvgIpc) is 3.07. The maximum atomic E-state index is 14.0. The van der Waals surface area contributed by atoms with E-state index in [2.05, 4.69) is 10.2 Å². The van der Waals surface area contributed by atoms with Gasteiger partial charge in [-0.15, -0.1) is 0 Å². The number of carbonyl (C=O) groups excluding carboxylic acids is 2. The molecule has 7 heteroatoms. The third kappa shape index (κ3) is 3.55. The van der Waals surface area contributed by atoms with Gasteiger partial charge < -0.3 is 20.4 Å². The molecule has 29 heavy (non-hydrogen) atoms. The Morgan fingerprint density at radius 1 is 1.14 bits per heavy atom. The lowest BCUT2D eigenvalue weighted by molar-refractivity contribution is 0.0989. The van der Waals surface area contributed by atoms with E-state index in [9.17, 15) is 14.0 Å². The van der Waals surface area contributed by atoms with E-state index in [1.165, 1.54) is 12.5 Å². The van der Waals surface area contributed by atoms with E-state index < -0.39 is 17.6 Å². The van der Waals surface area contributed by atoms with Gasteiger partial charge in [-0.3, -0.25) is 9.59 Å². The summed E-state index contributed by atoms with van der Waals surface area (Å²) < 4.78 is 19.6. The molecule has 3 N–H and O–H groups in total. The highest BCUT2D eigenvalue weighted by molar-refractivity contribution is 6.08. The predicted molar refractivity (Wildman–Crippen MR) is 110 cm³/mol. The summed E-state index contributed by atoms with van der Waals surface area (Å²) in [7, 11) is 0. The number of furan rings is 1. The van der Waals surface area contributed by atoms with Crippen molar-refractivity contribution in [1.82, 2.24) is 0 Å². The smallest absolute Gasteiger partial charge is 0.291 e. The topological polar surface area (TPSA) is 88.6 Å². The number of nitrogens with zero attached hydrogens (tertiary/aromatic N) is 1. The number of nitrogens with one attached hydrogen (secondary N) is 1. The number of para-hydroxylation sites is 1. The molecule has 1 fully saturated rings. The second kappa shape index (κ2) is 7.58. The van der Waals surface area contributed by atoms with Crippen LogP contribution >= 0.6 is 0 Å². The Balaban J connectivity index is 1.71. The Bertz CT molecular complexity index is 1100. The van der Waals surface area contributed by atoms with Crippen LogP contribution in [0.25, 0.3) is 11.0 Å². The lowest BCUT2D eigenvalue weighted by Crippen LogP contribution is -2.30. The zero-order valence-corrected chi connectivity index (χ0v) is 16.1. The van der Waals surface area contributed by atoms with Crippen molar-refractivity contribution in [2.45, 2.75) is 26.2 Å². The number of benzene rings is 2. The van der Waals surface area contributed by atoms with Gasteiger partial charge in [0.1, 0.15) is 0 Å². The molecule has 0 saturated carbocycles.